The number of aromatic nitrogens is 4. The lowest BCUT2D eigenvalue weighted by molar-refractivity contribution is -0.140. The number of pyridine rings is 2. The predicted molar refractivity (Wildman–Crippen MR) is 118 cm³/mol. The van der Waals surface area contributed by atoms with Crippen LogP contribution in [0.4, 0.5) is 23.2 Å². The molecule has 36 heavy (non-hydrogen) atoms. The van der Waals surface area contributed by atoms with E-state index in [1.165, 1.54) is 37.4 Å². The molecule has 3 heterocycles. The van der Waals surface area contributed by atoms with Crippen molar-refractivity contribution < 1.29 is 27.2 Å². The summed E-state index contributed by atoms with van der Waals surface area (Å²) < 4.78 is 56.6. The first kappa shape index (κ1) is 24.3. The van der Waals surface area contributed by atoms with E-state index >= 15 is 0 Å². The van der Waals surface area contributed by atoms with Gasteiger partial charge in [0.2, 0.25) is 5.91 Å². The Bertz CT molecular complexity index is 1550. The monoisotopic (exact) mass is 497 g/mol. The average molecular weight is 497 g/mol. The van der Waals surface area contributed by atoms with Crippen molar-refractivity contribution in [1.29, 1.82) is 5.26 Å². The van der Waals surface area contributed by atoms with E-state index in [9.17, 15) is 27.2 Å². The Morgan fingerprint density at radius 1 is 1.22 bits per heavy atom. The molecule has 0 bridgehead atoms. The number of nitrogens with two attached hydrogens (primary N) is 1. The summed E-state index contributed by atoms with van der Waals surface area (Å²) >= 11 is 0. The van der Waals surface area contributed by atoms with Gasteiger partial charge in [-0.2, -0.15) is 23.5 Å². The SMILES string of the molecule is Cc1c(NC(=O)c2cc(C(N)=O)c3c(F)cccc3n2)c(C(F)(F)F)nn1Cc1ccc(C#N)nc1. The van der Waals surface area contributed by atoms with Gasteiger partial charge in [-0.25, -0.2) is 14.4 Å². The molecule has 0 aliphatic rings. The normalized spacial score (nSPS) is 11.3. The van der Waals surface area contributed by atoms with Gasteiger partial charge in [-0.1, -0.05) is 12.1 Å². The van der Waals surface area contributed by atoms with Gasteiger partial charge in [0.1, 0.15) is 23.3 Å². The van der Waals surface area contributed by atoms with Gasteiger partial charge < -0.3 is 11.1 Å². The average Bonchev–Trinajstić information content (AvgIpc) is 3.14. The number of nitrogens with zero attached hydrogens (tertiary/aromatic N) is 5. The van der Waals surface area contributed by atoms with Crippen molar-refractivity contribution in [2.24, 2.45) is 5.73 Å². The summed E-state index contributed by atoms with van der Waals surface area (Å²) in [5.41, 5.74) is 3.07. The molecular weight excluding hydrogens is 482 g/mol. The van der Waals surface area contributed by atoms with Crippen LogP contribution in [-0.4, -0.2) is 31.6 Å². The highest BCUT2D eigenvalue weighted by Gasteiger charge is 2.39. The van der Waals surface area contributed by atoms with Crippen molar-refractivity contribution in [3.63, 3.8) is 0 Å². The molecule has 9 nitrogen and oxygen atoms in total. The lowest BCUT2D eigenvalue weighted by Crippen LogP contribution is -2.20. The third-order valence-corrected chi connectivity index (χ3v) is 5.27. The van der Waals surface area contributed by atoms with E-state index < -0.39 is 40.9 Å². The van der Waals surface area contributed by atoms with Crippen molar-refractivity contribution in [3.05, 3.63) is 82.3 Å². The highest BCUT2D eigenvalue weighted by atomic mass is 19.4. The number of rotatable bonds is 5. The highest BCUT2D eigenvalue weighted by molar-refractivity contribution is 6.10. The van der Waals surface area contributed by atoms with Crippen molar-refractivity contribution in [2.45, 2.75) is 19.6 Å². The number of benzene rings is 1. The van der Waals surface area contributed by atoms with Crippen LogP contribution in [0.2, 0.25) is 0 Å². The zero-order chi connectivity index (χ0) is 26.2. The molecule has 0 spiro atoms. The Labute approximate surface area is 200 Å². The maximum atomic E-state index is 14.2. The number of nitriles is 1. The van der Waals surface area contributed by atoms with E-state index in [4.69, 9.17) is 11.0 Å². The molecule has 0 aliphatic carbocycles. The predicted octanol–water partition coefficient (Wildman–Crippen LogP) is 3.56. The lowest BCUT2D eigenvalue weighted by atomic mass is 10.1. The second kappa shape index (κ2) is 9.06. The van der Waals surface area contributed by atoms with Crippen LogP contribution in [-0.2, 0) is 12.7 Å². The van der Waals surface area contributed by atoms with Crippen LogP contribution < -0.4 is 11.1 Å². The van der Waals surface area contributed by atoms with Crippen molar-refractivity contribution in [3.8, 4) is 6.07 Å². The van der Waals surface area contributed by atoms with Crippen molar-refractivity contribution in [2.75, 3.05) is 5.32 Å². The zero-order valence-corrected chi connectivity index (χ0v) is 18.4. The fraction of sp³-hybridized carbons (Fsp3) is 0.130. The van der Waals surface area contributed by atoms with E-state index in [1.807, 2.05) is 6.07 Å². The summed E-state index contributed by atoms with van der Waals surface area (Å²) in [6, 6.07) is 9.38. The van der Waals surface area contributed by atoms with Gasteiger partial charge in [-0.15, -0.1) is 0 Å². The van der Waals surface area contributed by atoms with E-state index in [2.05, 4.69) is 20.4 Å². The number of nitrogens with one attached hydrogen (secondary N) is 1. The zero-order valence-electron chi connectivity index (χ0n) is 18.4. The fourth-order valence-corrected chi connectivity index (χ4v) is 3.54. The van der Waals surface area contributed by atoms with Crippen LogP contribution in [0.15, 0.2) is 42.6 Å². The summed E-state index contributed by atoms with van der Waals surface area (Å²) in [7, 11) is 0. The van der Waals surface area contributed by atoms with Crippen LogP contribution in [0, 0.1) is 24.1 Å². The minimum Gasteiger partial charge on any atom is -0.366 e. The molecule has 182 valence electrons. The van der Waals surface area contributed by atoms with Gasteiger partial charge in [0, 0.05) is 11.6 Å². The van der Waals surface area contributed by atoms with Gasteiger partial charge in [0.25, 0.3) is 5.91 Å². The van der Waals surface area contributed by atoms with Gasteiger partial charge in [-0.3, -0.25) is 14.3 Å². The molecule has 13 heteroatoms. The lowest BCUT2D eigenvalue weighted by Gasteiger charge is -2.11. The molecule has 3 aromatic heterocycles. The first-order valence-electron chi connectivity index (χ1n) is 10.2. The first-order valence-corrected chi connectivity index (χ1v) is 10.2. The van der Waals surface area contributed by atoms with Gasteiger partial charge >= 0.3 is 6.18 Å². The number of fused-ring (bicyclic) bond motifs is 1. The Hall–Kier alpha value is -4.86. The topological polar surface area (TPSA) is 140 Å². The van der Waals surface area contributed by atoms with Gasteiger partial charge in [0.15, 0.2) is 5.69 Å². The molecule has 0 atom stereocenters. The summed E-state index contributed by atoms with van der Waals surface area (Å²) in [6.45, 7) is 1.20. The van der Waals surface area contributed by atoms with E-state index in [0.29, 0.717) is 5.56 Å². The largest absolute Gasteiger partial charge is 0.437 e. The highest BCUT2D eigenvalue weighted by Crippen LogP contribution is 2.36. The number of alkyl halides is 3. The first-order chi connectivity index (χ1) is 17.0. The van der Waals surface area contributed by atoms with E-state index in [0.717, 1.165) is 16.8 Å². The summed E-state index contributed by atoms with van der Waals surface area (Å²) in [5, 5.41) is 14.4. The Kier molecular flexibility index (Phi) is 6.11. The number of primary amides is 1. The Morgan fingerprint density at radius 3 is 2.58 bits per heavy atom. The number of anilines is 1. The number of amides is 2. The maximum Gasteiger partial charge on any atom is 0.437 e. The minimum absolute atomic E-state index is 0.0259. The third-order valence-electron chi connectivity index (χ3n) is 5.27. The Morgan fingerprint density at radius 2 is 1.97 bits per heavy atom. The number of carbonyl (C=O) groups excluding carboxylic acids is 2. The number of hydrogen-bond acceptors (Lipinski definition) is 6. The molecule has 4 aromatic rings. The van der Waals surface area contributed by atoms with Crippen LogP contribution in [0.25, 0.3) is 10.9 Å². The number of halogens is 4. The van der Waals surface area contributed by atoms with Gasteiger partial charge in [0.05, 0.1) is 29.0 Å². The second-order valence-corrected chi connectivity index (χ2v) is 7.64. The minimum atomic E-state index is -4.92. The Balaban J connectivity index is 1.74. The molecule has 0 radical (unpaired) electrons. The molecule has 0 saturated heterocycles. The van der Waals surface area contributed by atoms with Gasteiger partial charge in [-0.05, 0) is 36.8 Å². The van der Waals surface area contributed by atoms with Crippen LogP contribution in [0.5, 0.6) is 0 Å². The number of carbonyl (C=O) groups is 2. The number of hydrogen-bond donors (Lipinski definition) is 2. The van der Waals surface area contributed by atoms with Crippen LogP contribution >= 0.6 is 0 Å². The molecular formula is C23H15F4N7O2. The van der Waals surface area contributed by atoms with Crippen LogP contribution in [0.1, 0.15) is 43.5 Å². The standard InChI is InChI=1S/C23H15F4N7O2/c1-11-19(20(23(25,26)27)33-34(11)10-12-5-6-13(8-28)30-9-12)32-22(36)17-7-14(21(29)35)18-15(24)3-2-4-16(18)31-17/h2-7,9H,10H2,1H3,(H2,29,35)(H,32,36). The third kappa shape index (κ3) is 4.56. The van der Waals surface area contributed by atoms with Crippen molar-refractivity contribution >= 4 is 28.4 Å². The van der Waals surface area contributed by atoms with E-state index in [-0.39, 0.29) is 34.4 Å². The fourth-order valence-electron chi connectivity index (χ4n) is 3.54. The summed E-state index contributed by atoms with van der Waals surface area (Å²) in [6.07, 6.45) is -3.59. The smallest absolute Gasteiger partial charge is 0.366 e. The molecule has 4 rings (SSSR count). The molecule has 0 fully saturated rings. The summed E-state index contributed by atoms with van der Waals surface area (Å²) in [4.78, 5) is 32.7. The van der Waals surface area contributed by atoms with Crippen molar-refractivity contribution in [1.82, 2.24) is 19.7 Å². The molecule has 0 saturated carbocycles. The van der Waals surface area contributed by atoms with E-state index in [1.54, 1.807) is 0 Å². The second-order valence-electron chi connectivity index (χ2n) is 7.64. The van der Waals surface area contributed by atoms with Crippen LogP contribution in [0.3, 0.4) is 0 Å². The molecule has 2 amide bonds. The quantitative estimate of drug-likeness (QED) is 0.404. The molecule has 0 aliphatic heterocycles. The molecule has 1 aromatic carbocycles. The maximum absolute atomic E-state index is 14.2. The molecule has 0 unspecified atom stereocenters. The summed E-state index contributed by atoms with van der Waals surface area (Å²) in [5.74, 6) is -2.93. The molecule has 3 N–H and O–H groups in total.